The molecule has 0 spiro atoms. The van der Waals surface area contributed by atoms with Crippen molar-refractivity contribution < 1.29 is 37.9 Å². The van der Waals surface area contributed by atoms with Gasteiger partial charge in [0.2, 0.25) is 17.7 Å². The van der Waals surface area contributed by atoms with Gasteiger partial charge in [-0.1, -0.05) is 12.1 Å². The molecule has 0 bridgehead atoms. The van der Waals surface area contributed by atoms with E-state index in [0.29, 0.717) is 23.2 Å². The molecule has 0 radical (unpaired) electrons. The number of halogens is 1. The third kappa shape index (κ3) is 7.20. The van der Waals surface area contributed by atoms with Crippen molar-refractivity contribution in [3.05, 3.63) is 98.6 Å². The van der Waals surface area contributed by atoms with Crippen LogP contribution < -0.4 is 19.5 Å². The first kappa shape index (κ1) is 31.7. The third-order valence-corrected chi connectivity index (χ3v) is 7.28. The van der Waals surface area contributed by atoms with E-state index in [9.17, 15) is 24.1 Å². The normalized spacial score (nSPS) is 14.5. The highest BCUT2D eigenvalue weighted by Gasteiger charge is 2.29. The molecule has 1 unspecified atom stereocenters. The summed E-state index contributed by atoms with van der Waals surface area (Å²) in [5.74, 6) is -0.451. The fourth-order valence-corrected chi connectivity index (χ4v) is 4.69. The van der Waals surface area contributed by atoms with Crippen LogP contribution in [0.1, 0.15) is 49.4 Å². The molecule has 4 rings (SSSR count). The molecule has 0 saturated carbocycles. The van der Waals surface area contributed by atoms with Crippen LogP contribution in [0.25, 0.3) is 17.2 Å². The van der Waals surface area contributed by atoms with E-state index in [2.05, 4.69) is 10.3 Å². The van der Waals surface area contributed by atoms with Gasteiger partial charge in [-0.15, -0.1) is 0 Å². The molecule has 1 amide bonds. The summed E-state index contributed by atoms with van der Waals surface area (Å²) in [6.45, 7) is 4.88. The van der Waals surface area contributed by atoms with E-state index in [1.807, 2.05) is 19.1 Å². The zero-order valence-corrected chi connectivity index (χ0v) is 24.9. The maximum Gasteiger partial charge on any atom is 0.514 e. The van der Waals surface area contributed by atoms with Gasteiger partial charge in [-0.05, 0) is 89.2 Å². The number of fused-ring (bicyclic) bond motifs is 1. The zero-order chi connectivity index (χ0) is 32.0. The molecule has 2 aromatic carbocycles. The maximum absolute atomic E-state index is 14.4. The summed E-state index contributed by atoms with van der Waals surface area (Å²) in [7, 11) is 2.75. The molecule has 0 aliphatic heterocycles. The number of carbonyl (C=O) groups excluding carboxylic acids is 2. The Morgan fingerprint density at radius 2 is 1.80 bits per heavy atom. The molecule has 3 aromatic rings. The Labute approximate surface area is 253 Å². The number of amides is 1. The van der Waals surface area contributed by atoms with Crippen molar-refractivity contribution >= 4 is 29.3 Å². The summed E-state index contributed by atoms with van der Waals surface area (Å²) in [5, 5.41) is 13.9. The summed E-state index contributed by atoms with van der Waals surface area (Å²) in [5.41, 5.74) is 5.05. The van der Waals surface area contributed by atoms with Gasteiger partial charge in [0.25, 0.3) is 0 Å². The number of hydrogen-bond acceptors (Lipinski definition) is 9. The monoisotopic (exact) mass is 605 g/mol. The van der Waals surface area contributed by atoms with E-state index in [1.165, 1.54) is 40.2 Å². The van der Waals surface area contributed by atoms with Gasteiger partial charge in [0, 0.05) is 30.8 Å². The van der Waals surface area contributed by atoms with Crippen molar-refractivity contribution in [1.29, 1.82) is 0 Å². The highest BCUT2D eigenvalue weighted by molar-refractivity contribution is 6.08. The Balaban J connectivity index is 1.63. The van der Waals surface area contributed by atoms with Gasteiger partial charge < -0.3 is 24.3 Å². The van der Waals surface area contributed by atoms with Crippen LogP contribution in [-0.2, 0) is 16.1 Å². The standard InChI is InChI=1S/C32H32FN3O8/c1-18-25(24-9-8-23(33)14-27(24)26(18)15-30(37)35-17-21-7-6-10-34-16-21)11-22-12-28(41-4)31(29(13-22)42-5)44-32(38)43-20(3)19(2)36(39)40/h6-14,16,19-20H,15,17H2,1-5H3,(H,35,37)/b25-11-/t19?,20-/m0/s1. The maximum atomic E-state index is 14.4. The Morgan fingerprint density at radius 1 is 1.09 bits per heavy atom. The smallest absolute Gasteiger partial charge is 0.493 e. The molecular weight excluding hydrogens is 573 g/mol. The summed E-state index contributed by atoms with van der Waals surface area (Å²) in [6, 6.07) is 10.1. The number of carbonyl (C=O) groups is 2. The van der Waals surface area contributed by atoms with Crippen molar-refractivity contribution in [2.24, 2.45) is 0 Å². The first-order valence-corrected chi connectivity index (χ1v) is 13.7. The highest BCUT2D eigenvalue weighted by Crippen LogP contribution is 2.45. The first-order valence-electron chi connectivity index (χ1n) is 13.7. The lowest BCUT2D eigenvalue weighted by molar-refractivity contribution is -0.528. The van der Waals surface area contributed by atoms with E-state index in [0.717, 1.165) is 22.3 Å². The highest BCUT2D eigenvalue weighted by atomic mass is 19.1. The van der Waals surface area contributed by atoms with Crippen LogP contribution in [0.5, 0.6) is 17.2 Å². The Hall–Kier alpha value is -5.26. The number of methoxy groups -OCH3 is 2. The van der Waals surface area contributed by atoms with Crippen molar-refractivity contribution in [2.75, 3.05) is 14.2 Å². The molecular formula is C32H32FN3O8. The molecule has 11 nitrogen and oxygen atoms in total. The van der Waals surface area contributed by atoms with E-state index in [4.69, 9.17) is 18.9 Å². The number of benzene rings is 2. The van der Waals surface area contributed by atoms with Crippen molar-refractivity contribution in [2.45, 2.75) is 45.9 Å². The summed E-state index contributed by atoms with van der Waals surface area (Å²) in [4.78, 5) is 39.9. The summed E-state index contributed by atoms with van der Waals surface area (Å²) >= 11 is 0. The van der Waals surface area contributed by atoms with E-state index < -0.39 is 29.0 Å². The van der Waals surface area contributed by atoms with E-state index in [-0.39, 0.29) is 29.6 Å². The number of rotatable bonds is 11. The quantitative estimate of drug-likeness (QED) is 0.124. The number of pyridine rings is 1. The van der Waals surface area contributed by atoms with Gasteiger partial charge in [-0.25, -0.2) is 9.18 Å². The third-order valence-electron chi connectivity index (χ3n) is 7.28. The summed E-state index contributed by atoms with van der Waals surface area (Å²) in [6.07, 6.45) is 2.99. The molecule has 44 heavy (non-hydrogen) atoms. The number of nitro groups is 1. The predicted molar refractivity (Wildman–Crippen MR) is 160 cm³/mol. The number of hydrogen-bond donors (Lipinski definition) is 1. The molecule has 230 valence electrons. The van der Waals surface area contributed by atoms with Gasteiger partial charge in [0.05, 0.1) is 20.6 Å². The van der Waals surface area contributed by atoms with Crippen LogP contribution in [0.15, 0.2) is 60.4 Å². The van der Waals surface area contributed by atoms with Crippen LogP contribution in [0.2, 0.25) is 0 Å². The Morgan fingerprint density at radius 3 is 2.41 bits per heavy atom. The number of nitrogens with zero attached hydrogens (tertiary/aromatic N) is 2. The molecule has 2 atom stereocenters. The fourth-order valence-electron chi connectivity index (χ4n) is 4.69. The lowest BCUT2D eigenvalue weighted by Crippen LogP contribution is -2.33. The SMILES string of the molecule is COc1cc(/C=C2/C(C)=C(CC(=O)NCc3cccnc3)c3cc(F)ccc32)cc(OC)c1OC(=O)O[C@@H](C)C(C)[N+](=O)[O-]. The number of nitrogens with one attached hydrogen (secondary N) is 1. The minimum absolute atomic E-state index is 0.0366. The van der Waals surface area contributed by atoms with Gasteiger partial charge in [0.15, 0.2) is 17.6 Å². The Bertz CT molecular complexity index is 1610. The lowest BCUT2D eigenvalue weighted by atomic mass is 10.00. The van der Waals surface area contributed by atoms with Crippen LogP contribution in [0.3, 0.4) is 0 Å². The van der Waals surface area contributed by atoms with Gasteiger partial charge in [-0.2, -0.15) is 0 Å². The number of allylic oxidation sites excluding steroid dienone is 2. The van der Waals surface area contributed by atoms with Gasteiger partial charge in [-0.3, -0.25) is 19.9 Å². The first-order chi connectivity index (χ1) is 21.0. The topological polar surface area (TPSA) is 139 Å². The zero-order valence-electron chi connectivity index (χ0n) is 24.9. The van der Waals surface area contributed by atoms with Crippen LogP contribution in [-0.4, -0.2) is 48.3 Å². The molecule has 12 heteroatoms. The second kappa shape index (κ2) is 13.8. The molecule has 1 heterocycles. The average molecular weight is 606 g/mol. The number of aromatic nitrogens is 1. The fraction of sp³-hybridized carbons (Fsp3) is 0.281. The molecule has 1 N–H and O–H groups in total. The minimum Gasteiger partial charge on any atom is -0.493 e. The number of ether oxygens (including phenoxy) is 4. The summed E-state index contributed by atoms with van der Waals surface area (Å²) < 4.78 is 35.7. The minimum atomic E-state index is -1.16. The lowest BCUT2D eigenvalue weighted by Gasteiger charge is -2.17. The second-order valence-corrected chi connectivity index (χ2v) is 10.1. The Kier molecular flexibility index (Phi) is 9.94. The average Bonchev–Trinajstić information content (AvgIpc) is 3.25. The van der Waals surface area contributed by atoms with E-state index in [1.54, 1.807) is 36.7 Å². The molecule has 0 fully saturated rings. The van der Waals surface area contributed by atoms with Gasteiger partial charge in [0.1, 0.15) is 5.82 Å². The molecule has 1 aliphatic carbocycles. The molecule has 0 saturated heterocycles. The van der Waals surface area contributed by atoms with Crippen LogP contribution >= 0.6 is 0 Å². The van der Waals surface area contributed by atoms with E-state index >= 15 is 0 Å². The largest absolute Gasteiger partial charge is 0.514 e. The second-order valence-electron chi connectivity index (χ2n) is 10.1. The van der Waals surface area contributed by atoms with Crippen LogP contribution in [0.4, 0.5) is 9.18 Å². The molecule has 1 aliphatic rings. The van der Waals surface area contributed by atoms with Crippen molar-refractivity contribution in [3.8, 4) is 17.2 Å². The predicted octanol–water partition coefficient (Wildman–Crippen LogP) is 5.84. The van der Waals surface area contributed by atoms with Crippen LogP contribution in [0, 0.1) is 15.9 Å². The van der Waals surface area contributed by atoms with Crippen molar-refractivity contribution in [3.63, 3.8) is 0 Å². The van der Waals surface area contributed by atoms with Crippen molar-refractivity contribution in [1.82, 2.24) is 10.3 Å². The molecule has 1 aromatic heterocycles. The van der Waals surface area contributed by atoms with Gasteiger partial charge >= 0.3 is 6.16 Å².